The molecular formula is C15H18N4O. The molecule has 0 aromatic carbocycles. The Morgan fingerprint density at radius 3 is 2.75 bits per heavy atom. The number of hydrogen-bond acceptors (Lipinski definition) is 4. The first kappa shape index (κ1) is 14.0. The van der Waals surface area contributed by atoms with Crippen LogP contribution in [-0.4, -0.2) is 22.4 Å². The number of carbonyl (C=O) groups is 1. The van der Waals surface area contributed by atoms with Crippen LogP contribution in [0.15, 0.2) is 42.7 Å². The summed E-state index contributed by atoms with van der Waals surface area (Å²) >= 11 is 0. The number of pyridine rings is 2. The zero-order chi connectivity index (χ0) is 14.2. The molecule has 0 aliphatic carbocycles. The quantitative estimate of drug-likeness (QED) is 0.844. The molecule has 5 nitrogen and oxygen atoms in total. The van der Waals surface area contributed by atoms with Crippen molar-refractivity contribution in [3.63, 3.8) is 0 Å². The molecule has 0 atom stereocenters. The number of nitrogens with one attached hydrogen (secondary N) is 2. The Morgan fingerprint density at radius 1 is 1.20 bits per heavy atom. The fourth-order valence-corrected chi connectivity index (χ4v) is 1.69. The van der Waals surface area contributed by atoms with Crippen molar-refractivity contribution in [3.05, 3.63) is 54.0 Å². The van der Waals surface area contributed by atoms with Gasteiger partial charge in [-0.05, 0) is 36.2 Å². The molecule has 104 valence electrons. The van der Waals surface area contributed by atoms with Crippen LogP contribution >= 0.6 is 0 Å². The van der Waals surface area contributed by atoms with Gasteiger partial charge in [-0.25, -0.2) is 4.98 Å². The van der Waals surface area contributed by atoms with E-state index in [9.17, 15) is 4.79 Å². The monoisotopic (exact) mass is 270 g/mol. The van der Waals surface area contributed by atoms with Gasteiger partial charge in [0.1, 0.15) is 11.5 Å². The van der Waals surface area contributed by atoms with Gasteiger partial charge < -0.3 is 10.6 Å². The Balaban J connectivity index is 1.95. The second-order valence-electron chi connectivity index (χ2n) is 4.37. The van der Waals surface area contributed by atoms with E-state index < -0.39 is 0 Å². The van der Waals surface area contributed by atoms with E-state index in [1.165, 1.54) is 0 Å². The number of carbonyl (C=O) groups excluding carboxylic acids is 1. The Hall–Kier alpha value is -2.43. The van der Waals surface area contributed by atoms with E-state index in [0.717, 1.165) is 24.3 Å². The molecular weight excluding hydrogens is 252 g/mol. The summed E-state index contributed by atoms with van der Waals surface area (Å²) in [7, 11) is 0. The molecule has 2 N–H and O–H groups in total. The maximum Gasteiger partial charge on any atom is 0.270 e. The molecule has 0 radical (unpaired) electrons. The van der Waals surface area contributed by atoms with Crippen molar-refractivity contribution in [3.8, 4) is 0 Å². The zero-order valence-electron chi connectivity index (χ0n) is 11.5. The van der Waals surface area contributed by atoms with Crippen molar-refractivity contribution < 1.29 is 4.79 Å². The lowest BCUT2D eigenvalue weighted by molar-refractivity contribution is 0.0946. The third-order valence-corrected chi connectivity index (χ3v) is 2.74. The Morgan fingerprint density at radius 2 is 2.00 bits per heavy atom. The van der Waals surface area contributed by atoms with E-state index in [0.29, 0.717) is 12.2 Å². The van der Waals surface area contributed by atoms with Crippen LogP contribution in [0.5, 0.6) is 0 Å². The van der Waals surface area contributed by atoms with E-state index in [-0.39, 0.29) is 5.91 Å². The summed E-state index contributed by atoms with van der Waals surface area (Å²) < 4.78 is 0. The van der Waals surface area contributed by atoms with Crippen LogP contribution in [0.1, 0.15) is 29.4 Å². The SMILES string of the molecule is CCCNc1cccc(C(=O)NCc2ccncc2)n1. The molecule has 0 aliphatic rings. The second-order valence-corrected chi connectivity index (χ2v) is 4.37. The molecule has 2 aromatic rings. The fraction of sp³-hybridized carbons (Fsp3) is 0.267. The number of rotatable bonds is 6. The van der Waals surface area contributed by atoms with Gasteiger partial charge in [-0.15, -0.1) is 0 Å². The van der Waals surface area contributed by atoms with Crippen molar-refractivity contribution >= 4 is 11.7 Å². The zero-order valence-corrected chi connectivity index (χ0v) is 11.5. The molecule has 0 spiro atoms. The van der Waals surface area contributed by atoms with E-state index in [1.807, 2.05) is 24.3 Å². The normalized spacial score (nSPS) is 10.1. The van der Waals surface area contributed by atoms with Gasteiger partial charge in [0, 0.05) is 25.5 Å². The predicted octanol–water partition coefficient (Wildman–Crippen LogP) is 2.23. The molecule has 0 saturated heterocycles. The minimum Gasteiger partial charge on any atom is -0.370 e. The highest BCUT2D eigenvalue weighted by Crippen LogP contribution is 2.05. The minimum atomic E-state index is -0.179. The van der Waals surface area contributed by atoms with Gasteiger partial charge in [-0.1, -0.05) is 13.0 Å². The average molecular weight is 270 g/mol. The molecule has 0 fully saturated rings. The molecule has 2 rings (SSSR count). The Kier molecular flexibility index (Phi) is 5.06. The molecule has 1 amide bonds. The van der Waals surface area contributed by atoms with Crippen LogP contribution in [0.25, 0.3) is 0 Å². The van der Waals surface area contributed by atoms with Crippen molar-refractivity contribution in [1.29, 1.82) is 0 Å². The van der Waals surface area contributed by atoms with Gasteiger partial charge in [-0.3, -0.25) is 9.78 Å². The van der Waals surface area contributed by atoms with Gasteiger partial charge in [-0.2, -0.15) is 0 Å². The first-order chi connectivity index (χ1) is 9.79. The highest BCUT2D eigenvalue weighted by Gasteiger charge is 2.07. The summed E-state index contributed by atoms with van der Waals surface area (Å²) in [4.78, 5) is 20.3. The third-order valence-electron chi connectivity index (χ3n) is 2.74. The van der Waals surface area contributed by atoms with E-state index in [1.54, 1.807) is 18.5 Å². The highest BCUT2D eigenvalue weighted by atomic mass is 16.1. The van der Waals surface area contributed by atoms with Gasteiger partial charge >= 0.3 is 0 Å². The number of nitrogens with zero attached hydrogens (tertiary/aromatic N) is 2. The summed E-state index contributed by atoms with van der Waals surface area (Å²) in [5, 5.41) is 6.01. The van der Waals surface area contributed by atoms with Crippen LogP contribution in [0.2, 0.25) is 0 Å². The van der Waals surface area contributed by atoms with Crippen LogP contribution in [-0.2, 0) is 6.54 Å². The fourth-order valence-electron chi connectivity index (χ4n) is 1.69. The van der Waals surface area contributed by atoms with Crippen molar-refractivity contribution in [2.24, 2.45) is 0 Å². The van der Waals surface area contributed by atoms with Gasteiger partial charge in [0.15, 0.2) is 0 Å². The highest BCUT2D eigenvalue weighted by molar-refractivity contribution is 5.92. The number of aromatic nitrogens is 2. The largest absolute Gasteiger partial charge is 0.370 e. The summed E-state index contributed by atoms with van der Waals surface area (Å²) in [6, 6.07) is 9.13. The molecule has 0 saturated carbocycles. The molecule has 2 aromatic heterocycles. The number of amides is 1. The van der Waals surface area contributed by atoms with Gasteiger partial charge in [0.25, 0.3) is 5.91 Å². The van der Waals surface area contributed by atoms with Gasteiger partial charge in [0.05, 0.1) is 0 Å². The Bertz CT molecular complexity index is 557. The molecule has 5 heteroatoms. The van der Waals surface area contributed by atoms with E-state index >= 15 is 0 Å². The van der Waals surface area contributed by atoms with Gasteiger partial charge in [0.2, 0.25) is 0 Å². The van der Waals surface area contributed by atoms with E-state index in [2.05, 4.69) is 27.5 Å². The van der Waals surface area contributed by atoms with Crippen LogP contribution in [0.3, 0.4) is 0 Å². The smallest absolute Gasteiger partial charge is 0.270 e. The summed E-state index contributed by atoms with van der Waals surface area (Å²) in [5.74, 6) is 0.547. The first-order valence-corrected chi connectivity index (χ1v) is 6.67. The lowest BCUT2D eigenvalue weighted by Crippen LogP contribution is -2.24. The van der Waals surface area contributed by atoms with Crippen LogP contribution in [0, 0.1) is 0 Å². The summed E-state index contributed by atoms with van der Waals surface area (Å²) in [6.07, 6.45) is 4.42. The van der Waals surface area contributed by atoms with Crippen molar-refractivity contribution in [2.75, 3.05) is 11.9 Å². The standard InChI is InChI=1S/C15H18N4O/c1-2-8-17-14-5-3-4-13(19-14)15(20)18-11-12-6-9-16-10-7-12/h3-7,9-10H,2,8,11H2,1H3,(H,17,19)(H,18,20). The molecule has 20 heavy (non-hydrogen) atoms. The summed E-state index contributed by atoms with van der Waals surface area (Å²) in [5.41, 5.74) is 1.42. The molecule has 0 unspecified atom stereocenters. The number of anilines is 1. The minimum absolute atomic E-state index is 0.179. The molecule has 2 heterocycles. The predicted molar refractivity (Wildman–Crippen MR) is 78.4 cm³/mol. The average Bonchev–Trinajstić information content (AvgIpc) is 2.52. The topological polar surface area (TPSA) is 66.9 Å². The maximum absolute atomic E-state index is 12.0. The first-order valence-electron chi connectivity index (χ1n) is 6.67. The van der Waals surface area contributed by atoms with Crippen LogP contribution < -0.4 is 10.6 Å². The second kappa shape index (κ2) is 7.23. The summed E-state index contributed by atoms with van der Waals surface area (Å²) in [6.45, 7) is 3.39. The van der Waals surface area contributed by atoms with E-state index in [4.69, 9.17) is 0 Å². The maximum atomic E-state index is 12.0. The molecule has 0 bridgehead atoms. The molecule has 0 aliphatic heterocycles. The third kappa shape index (κ3) is 4.05. The van der Waals surface area contributed by atoms with Crippen molar-refractivity contribution in [2.45, 2.75) is 19.9 Å². The van der Waals surface area contributed by atoms with Crippen molar-refractivity contribution in [1.82, 2.24) is 15.3 Å². The lowest BCUT2D eigenvalue weighted by Gasteiger charge is -2.07. The lowest BCUT2D eigenvalue weighted by atomic mass is 10.2. The van der Waals surface area contributed by atoms with Crippen LogP contribution in [0.4, 0.5) is 5.82 Å². The Labute approximate surface area is 118 Å². The number of hydrogen-bond donors (Lipinski definition) is 2.